The monoisotopic (exact) mass is 408 g/mol. The molecule has 0 spiro atoms. The van der Waals surface area contributed by atoms with Crippen molar-refractivity contribution in [3.8, 4) is 0 Å². The zero-order valence-corrected chi connectivity index (χ0v) is 17.1. The third kappa shape index (κ3) is 4.22. The number of rotatable bonds is 8. The van der Waals surface area contributed by atoms with Crippen LogP contribution in [0, 0.1) is 12.7 Å². The maximum absolute atomic E-state index is 14.5. The molecule has 3 aromatic rings. The number of fused-ring (bicyclic) bond motifs is 1. The van der Waals surface area contributed by atoms with E-state index in [9.17, 15) is 8.96 Å². The Kier molecular flexibility index (Phi) is 6.27. The number of halogens is 1. The number of nitrogens with one attached hydrogen (secondary N) is 1. The maximum atomic E-state index is 14.5. The van der Waals surface area contributed by atoms with Gasteiger partial charge in [-0.05, 0) is 38.5 Å². The van der Waals surface area contributed by atoms with Crippen LogP contribution in [0.2, 0.25) is 0 Å². The third-order valence-corrected chi connectivity index (χ3v) is 7.24. The summed E-state index contributed by atoms with van der Waals surface area (Å²) in [7, 11) is -3.68. The second kappa shape index (κ2) is 8.48. The van der Waals surface area contributed by atoms with E-state index in [1.54, 1.807) is 32.0 Å². The molecule has 0 aliphatic heterocycles. The summed E-state index contributed by atoms with van der Waals surface area (Å²) >= 11 is 1.42. The average Bonchev–Trinajstić information content (AvgIpc) is 3.05. The van der Waals surface area contributed by atoms with Crippen LogP contribution in [0.15, 0.2) is 42.5 Å². The van der Waals surface area contributed by atoms with Crippen LogP contribution >= 0.6 is 18.9 Å². The molecule has 27 heavy (non-hydrogen) atoms. The number of thiazole rings is 1. The summed E-state index contributed by atoms with van der Waals surface area (Å²) in [6, 6.07) is 12.1. The molecule has 0 saturated heterocycles. The zero-order chi connectivity index (χ0) is 19.4. The van der Waals surface area contributed by atoms with Gasteiger partial charge in [0, 0.05) is 5.56 Å². The largest absolute Gasteiger partial charge is 0.357 e. The molecule has 1 aromatic heterocycles. The van der Waals surface area contributed by atoms with Crippen molar-refractivity contribution < 1.29 is 18.0 Å². The first-order chi connectivity index (χ1) is 13.0. The quantitative estimate of drug-likeness (QED) is 0.455. The van der Waals surface area contributed by atoms with Crippen LogP contribution in [0.4, 0.5) is 9.52 Å². The molecule has 8 heteroatoms. The minimum absolute atomic E-state index is 0.183. The van der Waals surface area contributed by atoms with Crippen LogP contribution in [-0.2, 0) is 13.6 Å². The van der Waals surface area contributed by atoms with Gasteiger partial charge in [-0.3, -0.25) is 4.57 Å². The van der Waals surface area contributed by atoms with E-state index in [0.29, 0.717) is 5.13 Å². The van der Waals surface area contributed by atoms with E-state index in [0.717, 1.165) is 15.8 Å². The van der Waals surface area contributed by atoms with Crippen molar-refractivity contribution in [1.82, 2.24) is 4.98 Å². The normalized spacial score (nSPS) is 13.0. The average molecular weight is 408 g/mol. The second-order valence-electron chi connectivity index (χ2n) is 5.88. The number of aromatic nitrogens is 1. The molecule has 0 saturated carbocycles. The lowest BCUT2D eigenvalue weighted by Crippen LogP contribution is -2.16. The van der Waals surface area contributed by atoms with Gasteiger partial charge in [-0.1, -0.05) is 41.7 Å². The molecule has 1 atom stereocenters. The van der Waals surface area contributed by atoms with Crippen molar-refractivity contribution in [2.24, 2.45) is 0 Å². The number of hydrogen-bond acceptors (Lipinski definition) is 6. The highest BCUT2D eigenvalue weighted by Crippen LogP contribution is 2.61. The highest BCUT2D eigenvalue weighted by Gasteiger charge is 2.39. The second-order valence-corrected chi connectivity index (χ2v) is 9.03. The molecule has 0 unspecified atom stereocenters. The predicted octanol–water partition coefficient (Wildman–Crippen LogP) is 6.12. The number of para-hydroxylation sites is 1. The Balaban J connectivity index is 2.07. The van der Waals surface area contributed by atoms with Gasteiger partial charge in [-0.25, -0.2) is 9.37 Å². The van der Waals surface area contributed by atoms with Crippen LogP contribution in [0.5, 0.6) is 0 Å². The van der Waals surface area contributed by atoms with Gasteiger partial charge in [0.15, 0.2) is 10.9 Å². The summed E-state index contributed by atoms with van der Waals surface area (Å²) in [5.74, 6) is -1.48. The molecule has 3 rings (SSSR count). The Morgan fingerprint density at radius 2 is 1.85 bits per heavy atom. The van der Waals surface area contributed by atoms with E-state index >= 15 is 0 Å². The highest BCUT2D eigenvalue weighted by atomic mass is 32.1. The van der Waals surface area contributed by atoms with Crippen LogP contribution in [0.1, 0.15) is 30.8 Å². The molecule has 0 fully saturated rings. The van der Waals surface area contributed by atoms with Gasteiger partial charge < -0.3 is 14.4 Å². The molecule has 144 valence electrons. The van der Waals surface area contributed by atoms with Gasteiger partial charge in [0.05, 0.1) is 23.4 Å². The van der Waals surface area contributed by atoms with Gasteiger partial charge in [0.25, 0.3) is 0 Å². The zero-order valence-electron chi connectivity index (χ0n) is 15.4. The molecule has 0 amide bonds. The van der Waals surface area contributed by atoms with Gasteiger partial charge in [0.2, 0.25) is 0 Å². The fourth-order valence-corrected chi connectivity index (χ4v) is 5.82. The number of aryl methyl sites for hydroxylation is 1. The molecular weight excluding hydrogens is 386 g/mol. The Labute approximate surface area is 162 Å². The molecule has 0 aliphatic rings. The summed E-state index contributed by atoms with van der Waals surface area (Å²) in [6.45, 7) is 5.80. The van der Waals surface area contributed by atoms with Crippen LogP contribution in [0.3, 0.4) is 0 Å². The van der Waals surface area contributed by atoms with Crippen LogP contribution in [-0.4, -0.2) is 18.2 Å². The van der Waals surface area contributed by atoms with Crippen LogP contribution < -0.4 is 5.32 Å². The van der Waals surface area contributed by atoms with E-state index in [-0.39, 0.29) is 18.8 Å². The SMILES string of the molecule is CCOP(=O)(OCC)[C@@H](Nc1nc2c(C)cccc2s1)c1ccccc1F. The Hall–Kier alpha value is -1.79. The molecule has 0 aliphatic carbocycles. The van der Waals surface area contributed by atoms with E-state index < -0.39 is 19.2 Å². The Bertz CT molecular complexity index is 968. The summed E-state index contributed by atoms with van der Waals surface area (Å²) in [5, 5.41) is 3.65. The minimum Gasteiger partial charge on any atom is -0.344 e. The molecule has 0 radical (unpaired) electrons. The van der Waals surface area contributed by atoms with E-state index in [1.165, 1.54) is 17.4 Å². The van der Waals surface area contributed by atoms with E-state index in [2.05, 4.69) is 10.3 Å². The maximum Gasteiger partial charge on any atom is 0.357 e. The first kappa shape index (κ1) is 20.0. The van der Waals surface area contributed by atoms with Crippen molar-refractivity contribution in [2.75, 3.05) is 18.5 Å². The summed E-state index contributed by atoms with van der Waals surface area (Å²) < 4.78 is 40.0. The summed E-state index contributed by atoms with van der Waals surface area (Å²) in [4.78, 5) is 4.59. The number of benzene rings is 2. The van der Waals surface area contributed by atoms with Gasteiger partial charge in [-0.2, -0.15) is 0 Å². The molecule has 0 bridgehead atoms. The van der Waals surface area contributed by atoms with Crippen molar-refractivity contribution in [3.63, 3.8) is 0 Å². The standard InChI is InChI=1S/C19H22FN2O3PS/c1-4-24-26(23,25-5-2)18(14-10-6-7-11-15(14)20)22-19-21-17-13(3)9-8-12-16(17)27-19/h6-12,18H,4-5H2,1-3H3,(H,21,22)/t18-/m1/s1. The molecular formula is C19H22FN2O3PS. The van der Waals surface area contributed by atoms with Crippen molar-refractivity contribution in [3.05, 3.63) is 59.4 Å². The van der Waals surface area contributed by atoms with E-state index in [1.807, 2.05) is 25.1 Å². The highest BCUT2D eigenvalue weighted by molar-refractivity contribution is 7.54. The molecule has 5 nitrogen and oxygen atoms in total. The lowest BCUT2D eigenvalue weighted by molar-refractivity contribution is 0.213. The topological polar surface area (TPSA) is 60.5 Å². The van der Waals surface area contributed by atoms with Crippen molar-refractivity contribution >= 4 is 34.3 Å². The van der Waals surface area contributed by atoms with Crippen molar-refractivity contribution in [2.45, 2.75) is 26.6 Å². The van der Waals surface area contributed by atoms with Crippen molar-refractivity contribution in [1.29, 1.82) is 0 Å². The molecule has 1 N–H and O–H groups in total. The Morgan fingerprint density at radius 3 is 2.48 bits per heavy atom. The fourth-order valence-electron chi connectivity index (χ4n) is 2.84. The smallest absolute Gasteiger partial charge is 0.344 e. The molecule has 1 heterocycles. The lowest BCUT2D eigenvalue weighted by atomic mass is 10.2. The van der Waals surface area contributed by atoms with E-state index in [4.69, 9.17) is 9.05 Å². The minimum atomic E-state index is -3.68. The third-order valence-electron chi connectivity index (χ3n) is 4.02. The predicted molar refractivity (Wildman–Crippen MR) is 108 cm³/mol. The lowest BCUT2D eigenvalue weighted by Gasteiger charge is -2.27. The van der Waals surface area contributed by atoms with Gasteiger partial charge >= 0.3 is 7.60 Å². The number of anilines is 1. The van der Waals surface area contributed by atoms with Gasteiger partial charge in [-0.15, -0.1) is 0 Å². The number of hydrogen-bond donors (Lipinski definition) is 1. The number of nitrogens with zero attached hydrogens (tertiary/aromatic N) is 1. The summed E-state index contributed by atoms with van der Waals surface area (Å²) in [5.41, 5.74) is 2.12. The fraction of sp³-hybridized carbons (Fsp3) is 0.316. The van der Waals surface area contributed by atoms with Gasteiger partial charge in [0.1, 0.15) is 5.82 Å². The molecule has 2 aromatic carbocycles. The van der Waals surface area contributed by atoms with Crippen LogP contribution in [0.25, 0.3) is 10.2 Å². The first-order valence-electron chi connectivity index (χ1n) is 8.74. The first-order valence-corrected chi connectivity index (χ1v) is 11.2. The Morgan fingerprint density at radius 1 is 1.15 bits per heavy atom. The summed E-state index contributed by atoms with van der Waals surface area (Å²) in [6.07, 6.45) is 0.